The lowest BCUT2D eigenvalue weighted by Gasteiger charge is -1.29. The summed E-state index contributed by atoms with van der Waals surface area (Å²) in [6.45, 7) is 0.500. The Morgan fingerprint density at radius 2 is 1.60 bits per heavy atom. The van der Waals surface area contributed by atoms with Crippen molar-refractivity contribution in [2.24, 2.45) is 11.7 Å². The maximum Gasteiger partial charge on any atom is 0.414 e. The summed E-state index contributed by atoms with van der Waals surface area (Å²) >= 11 is 0. The molecule has 0 aliphatic heterocycles. The summed E-state index contributed by atoms with van der Waals surface area (Å²) in [6, 6.07) is 0. The highest BCUT2D eigenvalue weighted by Crippen LogP contribution is 0.973. The van der Waals surface area contributed by atoms with Gasteiger partial charge in [-0.25, -0.2) is 4.79 Å². The molecule has 0 saturated heterocycles. The molecule has 0 spiro atoms. The molecule has 31 valence electrons. The lowest BCUT2D eigenvalue weighted by molar-refractivity contribution is 0.437. The van der Waals surface area contributed by atoms with Crippen LogP contribution in [0.15, 0.2) is 0 Å². The monoisotopic (exact) mass is 77.0 g/mol. The molecule has 0 atom stereocenters. The van der Waals surface area contributed by atoms with E-state index < -0.39 is 0 Å². The second kappa shape index (κ2) is 127. The standard InChI is InChI=1S/CHO2.H4N2/c2-1-3;1-2/h(H,2,3);1-2H2. The number of rotatable bonds is 0. The Kier molecular flexibility index (Phi) is 225. The van der Waals surface area contributed by atoms with E-state index in [0.717, 1.165) is 0 Å². The van der Waals surface area contributed by atoms with E-state index in [-0.39, 0.29) is 0 Å². The molecule has 5 heavy (non-hydrogen) atoms. The first-order valence-electron chi connectivity index (χ1n) is 0.761. The normalized spacial score (nSPS) is 3.60. The van der Waals surface area contributed by atoms with Crippen LogP contribution in [-0.4, -0.2) is 11.6 Å². The molecule has 0 unspecified atom stereocenters. The molecular formula is CH5N2O2. The first-order chi connectivity index (χ1) is 2.41. The number of hydrazine groups is 1. The van der Waals surface area contributed by atoms with Gasteiger partial charge < -0.3 is 5.11 Å². The van der Waals surface area contributed by atoms with Crippen molar-refractivity contribution in [3.63, 3.8) is 0 Å². The van der Waals surface area contributed by atoms with Gasteiger partial charge in [0.2, 0.25) is 0 Å². The van der Waals surface area contributed by atoms with Crippen molar-refractivity contribution in [2.75, 3.05) is 0 Å². The quantitative estimate of drug-likeness (QED) is 0.241. The zero-order valence-electron chi connectivity index (χ0n) is 2.51. The van der Waals surface area contributed by atoms with Crippen LogP contribution in [0.25, 0.3) is 0 Å². The molecule has 4 nitrogen and oxygen atoms in total. The first kappa shape index (κ1) is 8.83. The van der Waals surface area contributed by atoms with Gasteiger partial charge in [-0.15, -0.1) is 0 Å². The zero-order valence-corrected chi connectivity index (χ0v) is 2.51. The largest absolute Gasteiger partial charge is 0.473 e. The molecule has 5 N–H and O–H groups in total. The summed E-state index contributed by atoms with van der Waals surface area (Å²) in [5.41, 5.74) is 0. The number of hydrogen-bond acceptors (Lipinski definition) is 3. The van der Waals surface area contributed by atoms with Crippen molar-refractivity contribution in [1.29, 1.82) is 0 Å². The lowest BCUT2D eigenvalue weighted by Crippen LogP contribution is -2.02. The maximum atomic E-state index is 8.24. The van der Waals surface area contributed by atoms with Crippen molar-refractivity contribution in [3.05, 3.63) is 0 Å². The molecular weight excluding hydrogens is 72.0 g/mol. The zero-order chi connectivity index (χ0) is 4.71. The molecule has 4 heteroatoms. The Labute approximate surface area is 29.4 Å². The van der Waals surface area contributed by atoms with Crippen LogP contribution in [0.4, 0.5) is 0 Å². The van der Waals surface area contributed by atoms with Crippen LogP contribution < -0.4 is 11.7 Å². The van der Waals surface area contributed by atoms with Gasteiger partial charge in [-0.3, -0.25) is 11.7 Å². The third-order valence-corrected chi connectivity index (χ3v) is 0. The van der Waals surface area contributed by atoms with Gasteiger partial charge in [0.05, 0.1) is 0 Å². The molecule has 0 amide bonds. The molecule has 0 saturated carbocycles. The lowest BCUT2D eigenvalue weighted by atomic mass is 11.7. The summed E-state index contributed by atoms with van der Waals surface area (Å²) in [6.07, 6.45) is 0. The molecule has 0 fully saturated rings. The van der Waals surface area contributed by atoms with E-state index in [1.807, 2.05) is 0 Å². The Bertz CT molecular complexity index is 15.1. The van der Waals surface area contributed by atoms with E-state index in [1.54, 1.807) is 0 Å². The second-order valence-corrected chi connectivity index (χ2v) is 0.0913. The van der Waals surface area contributed by atoms with E-state index in [2.05, 4.69) is 11.7 Å². The number of nitrogens with two attached hydrogens (primary N) is 2. The highest BCUT2D eigenvalue weighted by atomic mass is 16.3. The SMILES string of the molecule is NN.O=[C]O. The Hall–Kier alpha value is -0.610. The van der Waals surface area contributed by atoms with E-state index in [1.165, 1.54) is 0 Å². The predicted octanol–water partition coefficient (Wildman–Crippen LogP) is -1.57. The van der Waals surface area contributed by atoms with Crippen LogP contribution in [0.5, 0.6) is 0 Å². The molecule has 0 aliphatic carbocycles. The van der Waals surface area contributed by atoms with Crippen LogP contribution in [0.3, 0.4) is 0 Å². The number of aliphatic hydroxyl groups excluding tert-OH is 1. The molecule has 0 heterocycles. The van der Waals surface area contributed by atoms with Crippen LogP contribution in [-0.2, 0) is 4.79 Å². The Morgan fingerprint density at radius 3 is 1.60 bits per heavy atom. The highest BCUT2D eigenvalue weighted by molar-refractivity contribution is 5.34. The summed E-state index contributed by atoms with van der Waals surface area (Å²) in [5, 5.41) is 6.76. The van der Waals surface area contributed by atoms with E-state index in [0.29, 0.717) is 6.47 Å². The van der Waals surface area contributed by atoms with Gasteiger partial charge in [-0.2, -0.15) is 0 Å². The van der Waals surface area contributed by atoms with Crippen molar-refractivity contribution in [1.82, 2.24) is 0 Å². The topological polar surface area (TPSA) is 89.3 Å². The molecule has 0 aromatic rings. The van der Waals surface area contributed by atoms with Crippen molar-refractivity contribution in [3.8, 4) is 0 Å². The predicted molar refractivity (Wildman–Crippen MR) is 16.7 cm³/mol. The highest BCUT2D eigenvalue weighted by Gasteiger charge is 1.30. The van der Waals surface area contributed by atoms with E-state index in [4.69, 9.17) is 9.90 Å². The Balaban J connectivity index is 0. The average Bonchev–Trinajstić information content (AvgIpc) is 1.46. The molecule has 0 aromatic heterocycles. The summed E-state index contributed by atoms with van der Waals surface area (Å²) in [5.74, 6) is 8.00. The minimum absolute atomic E-state index is 0.500. The molecule has 0 aromatic carbocycles. The summed E-state index contributed by atoms with van der Waals surface area (Å²) in [4.78, 5) is 8.24. The van der Waals surface area contributed by atoms with Crippen LogP contribution in [0.1, 0.15) is 0 Å². The van der Waals surface area contributed by atoms with Gasteiger partial charge in [-0.05, 0) is 0 Å². The van der Waals surface area contributed by atoms with Crippen LogP contribution >= 0.6 is 0 Å². The van der Waals surface area contributed by atoms with Crippen LogP contribution in [0, 0.1) is 0 Å². The smallest absolute Gasteiger partial charge is 0.414 e. The second-order valence-electron chi connectivity index (χ2n) is 0.0913. The van der Waals surface area contributed by atoms with E-state index in [9.17, 15) is 0 Å². The maximum absolute atomic E-state index is 8.24. The fourth-order valence-corrected chi connectivity index (χ4v) is 0. The summed E-state index contributed by atoms with van der Waals surface area (Å²) < 4.78 is 0. The average molecular weight is 77.1 g/mol. The minimum Gasteiger partial charge on any atom is -0.473 e. The van der Waals surface area contributed by atoms with Crippen LogP contribution in [0.2, 0.25) is 0 Å². The van der Waals surface area contributed by atoms with Gasteiger partial charge in [-0.1, -0.05) is 0 Å². The Morgan fingerprint density at radius 1 is 1.60 bits per heavy atom. The molecule has 0 rings (SSSR count). The van der Waals surface area contributed by atoms with Gasteiger partial charge in [0.25, 0.3) is 0 Å². The van der Waals surface area contributed by atoms with Crippen molar-refractivity contribution >= 4 is 6.47 Å². The van der Waals surface area contributed by atoms with Gasteiger partial charge in [0.15, 0.2) is 0 Å². The molecule has 0 bridgehead atoms. The van der Waals surface area contributed by atoms with Gasteiger partial charge in [0.1, 0.15) is 0 Å². The van der Waals surface area contributed by atoms with Crippen molar-refractivity contribution in [2.45, 2.75) is 0 Å². The summed E-state index contributed by atoms with van der Waals surface area (Å²) in [7, 11) is 0. The van der Waals surface area contributed by atoms with Crippen molar-refractivity contribution < 1.29 is 9.90 Å². The molecule has 0 aliphatic rings. The van der Waals surface area contributed by atoms with E-state index >= 15 is 0 Å². The molecule has 1 radical (unpaired) electrons. The van der Waals surface area contributed by atoms with Gasteiger partial charge >= 0.3 is 6.47 Å². The first-order valence-corrected chi connectivity index (χ1v) is 0.761. The number of hydrogen-bond donors (Lipinski definition) is 3. The fourth-order valence-electron chi connectivity index (χ4n) is 0. The third-order valence-electron chi connectivity index (χ3n) is 0. The minimum atomic E-state index is 0.500. The van der Waals surface area contributed by atoms with Gasteiger partial charge in [0, 0.05) is 0 Å². The fraction of sp³-hybridized carbons (Fsp3) is 0. The third kappa shape index (κ3) is 17.6.